The molecule has 0 saturated heterocycles. The van der Waals surface area contributed by atoms with Crippen LogP contribution < -0.4 is 15.5 Å². The van der Waals surface area contributed by atoms with Crippen LogP contribution in [0.2, 0.25) is 0 Å². The van der Waals surface area contributed by atoms with Crippen molar-refractivity contribution < 1.29 is 14.4 Å². The first-order valence-electron chi connectivity index (χ1n) is 11.0. The first-order valence-corrected chi connectivity index (χ1v) is 12.2. The molecule has 0 unspecified atom stereocenters. The summed E-state index contributed by atoms with van der Waals surface area (Å²) >= 11 is 7.57. The number of imide groups is 1. The van der Waals surface area contributed by atoms with Gasteiger partial charge in [-0.2, -0.15) is 0 Å². The third kappa shape index (κ3) is 4.64. The van der Waals surface area contributed by atoms with Gasteiger partial charge in [-0.1, -0.05) is 60.1 Å². The van der Waals surface area contributed by atoms with Gasteiger partial charge in [-0.05, 0) is 42.8 Å². The van der Waals surface area contributed by atoms with Gasteiger partial charge in [0.1, 0.15) is 10.7 Å². The first-order chi connectivity index (χ1) is 17.4. The van der Waals surface area contributed by atoms with E-state index < -0.39 is 11.8 Å². The van der Waals surface area contributed by atoms with Gasteiger partial charge in [0, 0.05) is 22.2 Å². The Morgan fingerprint density at radius 2 is 1.72 bits per heavy atom. The number of hydrogen-bond acceptors (Lipinski definition) is 6. The highest BCUT2D eigenvalue weighted by atomic mass is 35.5. The number of amides is 3. The van der Waals surface area contributed by atoms with Gasteiger partial charge in [0.2, 0.25) is 0 Å². The van der Waals surface area contributed by atoms with E-state index in [0.717, 1.165) is 21.7 Å². The Hall–Kier alpha value is -4.27. The molecule has 0 spiro atoms. The number of nitrogens with one attached hydrogen (secondary N) is 2. The zero-order valence-electron chi connectivity index (χ0n) is 19.0. The van der Waals surface area contributed by atoms with E-state index in [1.54, 1.807) is 42.5 Å². The van der Waals surface area contributed by atoms with E-state index in [9.17, 15) is 14.4 Å². The summed E-state index contributed by atoms with van der Waals surface area (Å²) in [5.41, 5.74) is 3.81. The van der Waals surface area contributed by atoms with Crippen molar-refractivity contribution >= 4 is 57.2 Å². The van der Waals surface area contributed by atoms with Crippen molar-refractivity contribution in [1.82, 2.24) is 4.98 Å². The average Bonchev–Trinajstić information content (AvgIpc) is 3.43. The monoisotopic (exact) mass is 514 g/mol. The van der Waals surface area contributed by atoms with Crippen LogP contribution in [0.3, 0.4) is 0 Å². The lowest BCUT2D eigenvalue weighted by atomic mass is 10.2. The van der Waals surface area contributed by atoms with Crippen LogP contribution in [0, 0.1) is 6.92 Å². The molecule has 0 atom stereocenters. The van der Waals surface area contributed by atoms with Crippen molar-refractivity contribution in [2.45, 2.75) is 6.92 Å². The van der Waals surface area contributed by atoms with Crippen molar-refractivity contribution in [3.8, 4) is 11.3 Å². The number of nitrogens with zero attached hydrogens (tertiary/aromatic N) is 2. The van der Waals surface area contributed by atoms with Gasteiger partial charge in [-0.25, -0.2) is 9.88 Å². The van der Waals surface area contributed by atoms with Crippen molar-refractivity contribution in [2.75, 3.05) is 15.5 Å². The van der Waals surface area contributed by atoms with Crippen LogP contribution in [0.5, 0.6) is 0 Å². The minimum Gasteiger partial charge on any atom is -0.350 e. The topological polar surface area (TPSA) is 91.4 Å². The number of thiazole rings is 1. The molecule has 3 aromatic carbocycles. The summed E-state index contributed by atoms with van der Waals surface area (Å²) < 4.78 is 0. The van der Waals surface area contributed by atoms with E-state index >= 15 is 0 Å². The molecule has 1 aromatic heterocycles. The van der Waals surface area contributed by atoms with Crippen LogP contribution in [0.25, 0.3) is 11.3 Å². The zero-order valence-corrected chi connectivity index (χ0v) is 20.6. The fraction of sp³-hybridized carbons (Fsp3) is 0.0370. The van der Waals surface area contributed by atoms with Crippen molar-refractivity contribution in [1.29, 1.82) is 0 Å². The highest BCUT2D eigenvalue weighted by Crippen LogP contribution is 2.31. The molecule has 9 heteroatoms. The Balaban J connectivity index is 1.32. The maximum atomic E-state index is 13.0. The van der Waals surface area contributed by atoms with Gasteiger partial charge in [0.25, 0.3) is 17.7 Å². The van der Waals surface area contributed by atoms with E-state index in [1.165, 1.54) is 11.3 Å². The molecule has 0 radical (unpaired) electrons. The molecule has 4 aromatic rings. The number of halogens is 1. The van der Waals surface area contributed by atoms with Crippen LogP contribution in [-0.2, 0) is 9.59 Å². The lowest BCUT2D eigenvalue weighted by molar-refractivity contribution is -0.120. The van der Waals surface area contributed by atoms with Gasteiger partial charge in [-0.3, -0.25) is 19.7 Å². The minimum absolute atomic E-state index is 0.0480. The molecule has 2 heterocycles. The number of carbonyl (C=O) groups is 3. The number of aryl methyl sites for hydroxylation is 1. The molecule has 0 fully saturated rings. The fourth-order valence-electron chi connectivity index (χ4n) is 3.74. The maximum absolute atomic E-state index is 13.0. The normalized spacial score (nSPS) is 13.3. The Morgan fingerprint density at radius 1 is 0.944 bits per heavy atom. The van der Waals surface area contributed by atoms with E-state index in [0.29, 0.717) is 22.1 Å². The summed E-state index contributed by atoms with van der Waals surface area (Å²) in [7, 11) is 0. The number of anilines is 3. The van der Waals surface area contributed by atoms with Crippen molar-refractivity contribution in [3.63, 3.8) is 0 Å². The molecule has 2 N–H and O–H groups in total. The predicted molar refractivity (Wildman–Crippen MR) is 142 cm³/mol. The van der Waals surface area contributed by atoms with E-state index in [-0.39, 0.29) is 16.6 Å². The molecule has 0 aliphatic carbocycles. The van der Waals surface area contributed by atoms with E-state index in [2.05, 4.69) is 15.6 Å². The van der Waals surface area contributed by atoms with Crippen LogP contribution in [0.1, 0.15) is 15.9 Å². The summed E-state index contributed by atoms with van der Waals surface area (Å²) in [5, 5.41) is 7.84. The molecular weight excluding hydrogens is 496 g/mol. The van der Waals surface area contributed by atoms with Crippen LogP contribution in [0.4, 0.5) is 16.5 Å². The number of aromatic nitrogens is 1. The van der Waals surface area contributed by atoms with Crippen LogP contribution >= 0.6 is 22.9 Å². The van der Waals surface area contributed by atoms with Crippen molar-refractivity contribution in [2.24, 2.45) is 0 Å². The Morgan fingerprint density at radius 3 is 2.50 bits per heavy atom. The van der Waals surface area contributed by atoms with Gasteiger partial charge in [0.15, 0.2) is 5.13 Å². The highest BCUT2D eigenvalue weighted by molar-refractivity contribution is 7.14. The zero-order chi connectivity index (χ0) is 25.2. The molecular formula is C27H19ClN4O3S. The predicted octanol–water partition coefficient (Wildman–Crippen LogP) is 5.81. The standard InChI is InChI=1S/C27H19ClN4O3S/c1-16-7-5-12-20(13-16)32-25(34)22(28)23(26(32)35)29-19-11-6-10-18(14-19)24(33)31-27-30-21(15-36-27)17-8-3-2-4-9-17/h2-15,29H,1H3,(H,30,31,33). The SMILES string of the molecule is Cc1cccc(N2C(=O)C(Cl)=C(Nc3cccc(C(=O)Nc4nc(-c5ccccc5)cs4)c3)C2=O)c1. The van der Waals surface area contributed by atoms with E-state index in [4.69, 9.17) is 11.6 Å². The second-order valence-corrected chi connectivity index (χ2v) is 9.27. The van der Waals surface area contributed by atoms with Gasteiger partial charge in [-0.15, -0.1) is 11.3 Å². The maximum Gasteiger partial charge on any atom is 0.283 e. The van der Waals surface area contributed by atoms with Gasteiger partial charge < -0.3 is 5.32 Å². The molecule has 0 bridgehead atoms. The molecule has 1 aliphatic rings. The Kier molecular flexibility index (Phi) is 6.37. The molecule has 178 valence electrons. The smallest absolute Gasteiger partial charge is 0.283 e. The lowest BCUT2D eigenvalue weighted by Gasteiger charge is -2.15. The molecule has 3 amide bonds. The summed E-state index contributed by atoms with van der Waals surface area (Å²) in [5.74, 6) is -1.54. The minimum atomic E-state index is -0.610. The van der Waals surface area contributed by atoms with Crippen LogP contribution in [-0.4, -0.2) is 22.7 Å². The summed E-state index contributed by atoms with van der Waals surface area (Å²) in [6.45, 7) is 1.87. The first kappa shape index (κ1) is 23.5. The van der Waals surface area contributed by atoms with E-state index in [1.807, 2.05) is 48.7 Å². The van der Waals surface area contributed by atoms with Crippen molar-refractivity contribution in [3.05, 3.63) is 106 Å². The Labute approximate surface area is 216 Å². The van der Waals surface area contributed by atoms with Crippen LogP contribution in [0.15, 0.2) is 95.0 Å². The summed E-state index contributed by atoms with van der Waals surface area (Å²) in [6, 6.07) is 23.3. The number of rotatable bonds is 6. The average molecular weight is 515 g/mol. The fourth-order valence-corrected chi connectivity index (χ4v) is 4.66. The molecule has 1 aliphatic heterocycles. The molecule has 36 heavy (non-hydrogen) atoms. The Bertz CT molecular complexity index is 1530. The second kappa shape index (κ2) is 9.77. The van der Waals surface area contributed by atoms with Gasteiger partial charge >= 0.3 is 0 Å². The second-order valence-electron chi connectivity index (χ2n) is 8.04. The largest absolute Gasteiger partial charge is 0.350 e. The molecule has 0 saturated carbocycles. The third-order valence-corrected chi connectivity index (χ3v) is 6.58. The summed E-state index contributed by atoms with van der Waals surface area (Å²) in [4.78, 5) is 44.1. The van der Waals surface area contributed by atoms with Gasteiger partial charge in [0.05, 0.1) is 11.4 Å². The lowest BCUT2D eigenvalue weighted by Crippen LogP contribution is -2.32. The molecule has 5 rings (SSSR count). The number of carbonyl (C=O) groups excluding carboxylic acids is 3. The summed E-state index contributed by atoms with van der Waals surface area (Å²) in [6.07, 6.45) is 0. The molecule has 7 nitrogen and oxygen atoms in total. The number of hydrogen-bond donors (Lipinski definition) is 2. The quantitative estimate of drug-likeness (QED) is 0.317. The highest BCUT2D eigenvalue weighted by Gasteiger charge is 2.39. The third-order valence-electron chi connectivity index (χ3n) is 5.48. The number of benzene rings is 3.